The molecule has 2 bridgehead atoms. The molecule has 15 heavy (non-hydrogen) atoms. The molecule has 0 aromatic rings. The Morgan fingerprint density at radius 2 is 1.73 bits per heavy atom. The summed E-state index contributed by atoms with van der Waals surface area (Å²) >= 11 is 0. The highest BCUT2D eigenvalue weighted by molar-refractivity contribution is 5.09. The molecular weight excluding hydrogens is 184 g/mol. The van der Waals surface area contributed by atoms with Crippen LogP contribution in [0.25, 0.3) is 0 Å². The van der Waals surface area contributed by atoms with Crippen molar-refractivity contribution in [3.63, 3.8) is 0 Å². The third kappa shape index (κ3) is 1.25. The molecule has 0 aromatic carbocycles. The maximum absolute atomic E-state index is 6.58. The number of hydrogen-bond acceptors (Lipinski definition) is 1. The molecule has 1 heterocycles. The maximum Gasteiger partial charge on any atom is 0.0747 e. The summed E-state index contributed by atoms with van der Waals surface area (Å²) in [6, 6.07) is 0. The first-order chi connectivity index (χ1) is 7.05. The SMILES string of the molecule is C[C@H]1CCCC2CC[C@@H]3C[C@@]21OC3(C)C. The molecule has 2 saturated carbocycles. The summed E-state index contributed by atoms with van der Waals surface area (Å²) in [5, 5.41) is 0. The van der Waals surface area contributed by atoms with Crippen LogP contribution < -0.4 is 0 Å². The van der Waals surface area contributed by atoms with Gasteiger partial charge in [0.2, 0.25) is 0 Å². The van der Waals surface area contributed by atoms with Gasteiger partial charge < -0.3 is 4.74 Å². The molecule has 2 aliphatic carbocycles. The van der Waals surface area contributed by atoms with E-state index in [4.69, 9.17) is 4.74 Å². The molecule has 1 nitrogen and oxygen atoms in total. The Bertz CT molecular complexity index is 271. The molecule has 1 aliphatic heterocycles. The molecule has 0 aromatic heterocycles. The van der Waals surface area contributed by atoms with Gasteiger partial charge in [-0.2, -0.15) is 0 Å². The van der Waals surface area contributed by atoms with Gasteiger partial charge in [0, 0.05) is 0 Å². The maximum atomic E-state index is 6.58. The molecule has 1 unspecified atom stereocenters. The molecule has 0 N–H and O–H groups in total. The van der Waals surface area contributed by atoms with E-state index in [1.807, 2.05) is 0 Å². The van der Waals surface area contributed by atoms with E-state index in [0.717, 1.165) is 17.8 Å². The monoisotopic (exact) mass is 208 g/mol. The minimum atomic E-state index is 0.153. The van der Waals surface area contributed by atoms with E-state index >= 15 is 0 Å². The van der Waals surface area contributed by atoms with Crippen LogP contribution in [0.1, 0.15) is 59.3 Å². The van der Waals surface area contributed by atoms with Crippen molar-refractivity contribution in [3.8, 4) is 0 Å². The highest BCUT2D eigenvalue weighted by Crippen LogP contribution is 2.59. The molecule has 4 atom stereocenters. The van der Waals surface area contributed by atoms with E-state index < -0.39 is 0 Å². The van der Waals surface area contributed by atoms with E-state index in [0.29, 0.717) is 0 Å². The molecule has 3 aliphatic rings. The predicted molar refractivity (Wildman–Crippen MR) is 61.7 cm³/mol. The van der Waals surface area contributed by atoms with Gasteiger partial charge in [0.25, 0.3) is 0 Å². The van der Waals surface area contributed by atoms with Crippen molar-refractivity contribution in [1.29, 1.82) is 0 Å². The lowest BCUT2D eigenvalue weighted by Crippen LogP contribution is -2.48. The quantitative estimate of drug-likeness (QED) is 0.589. The Morgan fingerprint density at radius 3 is 2.53 bits per heavy atom. The minimum Gasteiger partial charge on any atom is -0.368 e. The summed E-state index contributed by atoms with van der Waals surface area (Å²) in [5.41, 5.74) is 0.436. The first-order valence-corrected chi connectivity index (χ1v) is 6.75. The Balaban J connectivity index is 1.97. The Kier molecular flexibility index (Phi) is 2.03. The number of fused-ring (bicyclic) bond motifs is 1. The van der Waals surface area contributed by atoms with E-state index in [2.05, 4.69) is 20.8 Å². The van der Waals surface area contributed by atoms with Gasteiger partial charge in [-0.3, -0.25) is 0 Å². The van der Waals surface area contributed by atoms with Crippen LogP contribution in [-0.4, -0.2) is 11.2 Å². The minimum absolute atomic E-state index is 0.153. The first-order valence-electron chi connectivity index (χ1n) is 6.75. The Morgan fingerprint density at radius 1 is 1.00 bits per heavy atom. The van der Waals surface area contributed by atoms with Gasteiger partial charge in [-0.25, -0.2) is 0 Å². The average Bonchev–Trinajstić information content (AvgIpc) is 2.38. The molecule has 0 amide bonds. The van der Waals surface area contributed by atoms with Crippen LogP contribution in [0.5, 0.6) is 0 Å². The molecule has 1 saturated heterocycles. The van der Waals surface area contributed by atoms with Gasteiger partial charge in [0.05, 0.1) is 11.2 Å². The van der Waals surface area contributed by atoms with Crippen LogP contribution in [0.15, 0.2) is 0 Å². The second-order valence-corrected chi connectivity index (χ2v) is 6.67. The van der Waals surface area contributed by atoms with E-state index in [1.165, 1.54) is 38.5 Å². The fraction of sp³-hybridized carbons (Fsp3) is 1.00. The van der Waals surface area contributed by atoms with Crippen LogP contribution >= 0.6 is 0 Å². The number of rotatable bonds is 0. The fourth-order valence-corrected chi connectivity index (χ4v) is 4.60. The lowest BCUT2D eigenvalue weighted by Gasteiger charge is -2.47. The second-order valence-electron chi connectivity index (χ2n) is 6.67. The molecule has 0 radical (unpaired) electrons. The molecule has 3 fully saturated rings. The van der Waals surface area contributed by atoms with Crippen LogP contribution in [0, 0.1) is 17.8 Å². The van der Waals surface area contributed by atoms with Crippen molar-refractivity contribution in [2.45, 2.75) is 70.5 Å². The fourth-order valence-electron chi connectivity index (χ4n) is 4.60. The highest BCUT2D eigenvalue weighted by atomic mass is 16.5. The zero-order chi connectivity index (χ0) is 10.7. The van der Waals surface area contributed by atoms with E-state index in [9.17, 15) is 0 Å². The van der Waals surface area contributed by atoms with Crippen LogP contribution in [0.3, 0.4) is 0 Å². The van der Waals surface area contributed by atoms with E-state index in [-0.39, 0.29) is 11.2 Å². The Hall–Kier alpha value is -0.0400. The van der Waals surface area contributed by atoms with Crippen molar-refractivity contribution in [2.24, 2.45) is 17.8 Å². The van der Waals surface area contributed by atoms with Crippen molar-refractivity contribution >= 4 is 0 Å². The predicted octanol–water partition coefficient (Wildman–Crippen LogP) is 3.77. The third-order valence-electron chi connectivity index (χ3n) is 5.58. The van der Waals surface area contributed by atoms with Crippen LogP contribution in [-0.2, 0) is 4.74 Å². The Labute approximate surface area is 93.6 Å². The smallest absolute Gasteiger partial charge is 0.0747 e. The second kappa shape index (κ2) is 3.00. The summed E-state index contributed by atoms with van der Waals surface area (Å²) in [4.78, 5) is 0. The summed E-state index contributed by atoms with van der Waals surface area (Å²) in [6.07, 6.45) is 8.44. The molecular formula is C14H24O. The number of hydrogen-bond donors (Lipinski definition) is 0. The van der Waals surface area contributed by atoms with Gasteiger partial charge in [-0.05, 0) is 63.7 Å². The molecule has 86 valence electrons. The average molecular weight is 208 g/mol. The summed E-state index contributed by atoms with van der Waals surface area (Å²) in [7, 11) is 0. The van der Waals surface area contributed by atoms with Crippen molar-refractivity contribution in [3.05, 3.63) is 0 Å². The van der Waals surface area contributed by atoms with Crippen LogP contribution in [0.2, 0.25) is 0 Å². The summed E-state index contributed by atoms with van der Waals surface area (Å²) < 4.78 is 6.58. The summed E-state index contributed by atoms with van der Waals surface area (Å²) in [6.45, 7) is 7.06. The molecule has 1 heteroatoms. The van der Waals surface area contributed by atoms with Gasteiger partial charge in [-0.15, -0.1) is 0 Å². The third-order valence-corrected chi connectivity index (χ3v) is 5.58. The number of ether oxygens (including phenoxy) is 1. The largest absolute Gasteiger partial charge is 0.368 e. The molecule has 3 rings (SSSR count). The van der Waals surface area contributed by atoms with Crippen molar-refractivity contribution in [2.75, 3.05) is 0 Å². The van der Waals surface area contributed by atoms with Crippen LogP contribution in [0.4, 0.5) is 0 Å². The zero-order valence-electron chi connectivity index (χ0n) is 10.4. The normalized spacial score (nSPS) is 52.6. The van der Waals surface area contributed by atoms with Gasteiger partial charge in [0.1, 0.15) is 0 Å². The molecule has 1 spiro atoms. The van der Waals surface area contributed by atoms with Gasteiger partial charge in [0.15, 0.2) is 0 Å². The topological polar surface area (TPSA) is 9.23 Å². The summed E-state index contributed by atoms with van der Waals surface area (Å²) in [5.74, 6) is 2.49. The van der Waals surface area contributed by atoms with Gasteiger partial charge >= 0.3 is 0 Å². The first kappa shape index (κ1) is 10.1. The zero-order valence-corrected chi connectivity index (χ0v) is 10.4. The standard InChI is InChI=1S/C14H24O/c1-10-5-4-6-11-7-8-12-9-14(10,11)15-13(12,2)3/h10-12H,4-9H2,1-3H3/t10-,11?,12+,14-/m0/s1. The van der Waals surface area contributed by atoms with E-state index in [1.54, 1.807) is 0 Å². The highest BCUT2D eigenvalue weighted by Gasteiger charge is 2.60. The lowest BCUT2D eigenvalue weighted by molar-refractivity contribution is -0.156. The van der Waals surface area contributed by atoms with Crippen molar-refractivity contribution < 1.29 is 4.74 Å². The van der Waals surface area contributed by atoms with Crippen molar-refractivity contribution in [1.82, 2.24) is 0 Å². The van der Waals surface area contributed by atoms with Gasteiger partial charge in [-0.1, -0.05) is 13.3 Å². The lowest BCUT2D eigenvalue weighted by atomic mass is 9.61.